The van der Waals surface area contributed by atoms with Crippen LogP contribution in [0.5, 0.6) is 0 Å². The molecule has 3 N–H and O–H groups in total. The summed E-state index contributed by atoms with van der Waals surface area (Å²) in [5, 5.41) is 16.5. The third kappa shape index (κ3) is 3.15. The maximum atomic E-state index is 12.3. The number of fused-ring (bicyclic) bond motifs is 1. The molecule has 24 heavy (non-hydrogen) atoms. The fourth-order valence-corrected chi connectivity index (χ4v) is 4.16. The van der Waals surface area contributed by atoms with E-state index >= 15 is 0 Å². The molecule has 0 radical (unpaired) electrons. The average Bonchev–Trinajstić information content (AvgIpc) is 2.59. The summed E-state index contributed by atoms with van der Waals surface area (Å²) in [4.78, 5) is 12.3. The van der Waals surface area contributed by atoms with Gasteiger partial charge in [-0.05, 0) is 25.3 Å². The highest BCUT2D eigenvalue weighted by molar-refractivity contribution is 5.74. The highest BCUT2D eigenvalue weighted by atomic mass is 16.5. The third-order valence-electron chi connectivity index (χ3n) is 5.61. The molecule has 0 bridgehead atoms. The Morgan fingerprint density at radius 1 is 1.38 bits per heavy atom. The molecule has 2 amide bonds. The summed E-state index contributed by atoms with van der Waals surface area (Å²) in [6.45, 7) is 6.99. The first kappa shape index (κ1) is 17.2. The lowest BCUT2D eigenvalue weighted by Gasteiger charge is -2.59. The average molecular weight is 332 g/mol. The predicted molar refractivity (Wildman–Crippen MR) is 92.6 cm³/mol. The minimum Gasteiger partial charge on any atom is -0.384 e. The van der Waals surface area contributed by atoms with E-state index in [1.54, 1.807) is 6.92 Å². The maximum absolute atomic E-state index is 12.3. The fraction of sp³-hybridized carbons (Fsp3) is 0.632. The summed E-state index contributed by atoms with van der Waals surface area (Å²) in [6, 6.07) is 9.27. The molecule has 3 rings (SSSR count). The number of urea groups is 1. The molecule has 1 aromatic carbocycles. The smallest absolute Gasteiger partial charge is 0.315 e. The van der Waals surface area contributed by atoms with Gasteiger partial charge in [-0.2, -0.15) is 0 Å². The second-order valence-corrected chi connectivity index (χ2v) is 7.86. The molecule has 0 aromatic heterocycles. The zero-order valence-corrected chi connectivity index (χ0v) is 14.7. The van der Waals surface area contributed by atoms with Crippen LogP contribution in [0.2, 0.25) is 0 Å². The molecule has 1 aromatic rings. The molecule has 5 heteroatoms. The van der Waals surface area contributed by atoms with Crippen LogP contribution < -0.4 is 10.6 Å². The number of hydrogen-bond acceptors (Lipinski definition) is 3. The van der Waals surface area contributed by atoms with Gasteiger partial charge >= 0.3 is 6.03 Å². The van der Waals surface area contributed by atoms with Crippen LogP contribution in [0.3, 0.4) is 0 Å². The summed E-state index contributed by atoms with van der Waals surface area (Å²) in [6.07, 6.45) is 2.39. The molecule has 1 saturated carbocycles. The van der Waals surface area contributed by atoms with Crippen LogP contribution in [-0.2, 0) is 10.3 Å². The van der Waals surface area contributed by atoms with Gasteiger partial charge < -0.3 is 20.5 Å². The number of nitrogens with one attached hydrogen (secondary N) is 2. The van der Waals surface area contributed by atoms with Crippen molar-refractivity contribution in [2.45, 2.75) is 51.4 Å². The van der Waals surface area contributed by atoms with Crippen LogP contribution in [0.15, 0.2) is 30.3 Å². The van der Waals surface area contributed by atoms with Crippen molar-refractivity contribution in [1.29, 1.82) is 0 Å². The molecular formula is C19H28N2O3. The fourth-order valence-electron chi connectivity index (χ4n) is 4.16. The van der Waals surface area contributed by atoms with E-state index < -0.39 is 5.60 Å². The van der Waals surface area contributed by atoms with E-state index in [0.717, 1.165) is 25.0 Å². The summed E-state index contributed by atoms with van der Waals surface area (Å²) >= 11 is 0. The number of benzene rings is 1. The van der Waals surface area contributed by atoms with E-state index in [2.05, 4.69) is 24.5 Å². The normalized spacial score (nSPS) is 30.4. The number of amides is 2. The van der Waals surface area contributed by atoms with Crippen molar-refractivity contribution in [3.63, 3.8) is 0 Å². The zero-order valence-electron chi connectivity index (χ0n) is 14.7. The molecule has 1 aliphatic heterocycles. The van der Waals surface area contributed by atoms with Crippen LogP contribution in [0.1, 0.15) is 39.2 Å². The standard InChI is InChI=1S/C19H28N2O3/c1-18(2)15(14-10-7-11-24-16(14)18)21-17(22)20-12-19(3,23)13-8-5-4-6-9-13/h4-6,8-9,14-16,23H,7,10-12H2,1-3H3,(H2,20,21,22)/t14-,15+,16+,19-/m0/s1. The number of aliphatic hydroxyl groups is 1. The predicted octanol–water partition coefficient (Wildman–Crippen LogP) is 2.40. The molecule has 4 atom stereocenters. The zero-order chi connectivity index (χ0) is 17.4. The largest absolute Gasteiger partial charge is 0.384 e. The first-order valence-corrected chi connectivity index (χ1v) is 8.76. The summed E-state index contributed by atoms with van der Waals surface area (Å²) in [5.41, 5.74) is -0.357. The number of hydrogen-bond donors (Lipinski definition) is 3. The lowest BCUT2D eigenvalue weighted by molar-refractivity contribution is -0.189. The Morgan fingerprint density at radius 3 is 2.79 bits per heavy atom. The van der Waals surface area contributed by atoms with Crippen molar-refractivity contribution in [1.82, 2.24) is 10.6 Å². The Hall–Kier alpha value is -1.59. The van der Waals surface area contributed by atoms with Gasteiger partial charge in [0, 0.05) is 24.0 Å². The molecular weight excluding hydrogens is 304 g/mol. The Kier molecular flexibility index (Phi) is 4.58. The minimum atomic E-state index is -1.09. The Balaban J connectivity index is 1.54. The molecule has 1 heterocycles. The second-order valence-electron chi connectivity index (χ2n) is 7.86. The minimum absolute atomic E-state index is 0.0512. The van der Waals surface area contributed by atoms with Gasteiger partial charge in [0.15, 0.2) is 0 Å². The van der Waals surface area contributed by atoms with Crippen molar-refractivity contribution in [3.8, 4) is 0 Å². The van der Waals surface area contributed by atoms with E-state index in [9.17, 15) is 9.90 Å². The molecule has 2 aliphatic rings. The number of carbonyl (C=O) groups excluding carboxylic acids is 1. The monoisotopic (exact) mass is 332 g/mol. The van der Waals surface area contributed by atoms with Gasteiger partial charge in [0.25, 0.3) is 0 Å². The molecule has 5 nitrogen and oxygen atoms in total. The van der Waals surface area contributed by atoms with E-state index in [4.69, 9.17) is 4.74 Å². The van der Waals surface area contributed by atoms with E-state index in [1.165, 1.54) is 0 Å². The van der Waals surface area contributed by atoms with Crippen LogP contribution in [0.25, 0.3) is 0 Å². The third-order valence-corrected chi connectivity index (χ3v) is 5.61. The highest BCUT2D eigenvalue weighted by Gasteiger charge is 2.58. The highest BCUT2D eigenvalue weighted by Crippen LogP contribution is 2.51. The van der Waals surface area contributed by atoms with Crippen molar-refractivity contribution in [3.05, 3.63) is 35.9 Å². The van der Waals surface area contributed by atoms with E-state index in [0.29, 0.717) is 5.92 Å². The summed E-state index contributed by atoms with van der Waals surface area (Å²) in [7, 11) is 0. The van der Waals surface area contributed by atoms with Crippen molar-refractivity contribution in [2.24, 2.45) is 11.3 Å². The lowest BCUT2D eigenvalue weighted by atomic mass is 9.55. The van der Waals surface area contributed by atoms with Gasteiger partial charge in [0.2, 0.25) is 0 Å². The number of rotatable bonds is 4. The Bertz CT molecular complexity index is 586. The van der Waals surface area contributed by atoms with Gasteiger partial charge in [0.05, 0.1) is 12.6 Å². The van der Waals surface area contributed by atoms with Gasteiger partial charge in [-0.1, -0.05) is 44.2 Å². The Labute approximate surface area is 143 Å². The molecule has 132 valence electrons. The lowest BCUT2D eigenvalue weighted by Crippen LogP contribution is -2.71. The number of ether oxygens (including phenoxy) is 1. The van der Waals surface area contributed by atoms with E-state index in [1.807, 2.05) is 30.3 Å². The Morgan fingerprint density at radius 2 is 2.08 bits per heavy atom. The summed E-state index contributed by atoms with van der Waals surface area (Å²) in [5.74, 6) is 0.397. The molecule has 0 unspecified atom stereocenters. The topological polar surface area (TPSA) is 70.6 Å². The first-order chi connectivity index (χ1) is 11.3. The molecule has 0 spiro atoms. The SMILES string of the molecule is CC1(C)[C@H](NC(=O)NC[C@](C)(O)c2ccccc2)[C@@H]2CCCO[C@H]21. The van der Waals surface area contributed by atoms with E-state index in [-0.39, 0.29) is 30.1 Å². The second kappa shape index (κ2) is 6.37. The van der Waals surface area contributed by atoms with Crippen molar-refractivity contribution >= 4 is 6.03 Å². The molecule has 1 saturated heterocycles. The quantitative estimate of drug-likeness (QED) is 0.793. The molecule has 2 fully saturated rings. The number of carbonyl (C=O) groups is 1. The van der Waals surface area contributed by atoms with Crippen LogP contribution in [0, 0.1) is 11.3 Å². The van der Waals surface area contributed by atoms with Gasteiger partial charge in [-0.25, -0.2) is 4.79 Å². The first-order valence-electron chi connectivity index (χ1n) is 8.76. The van der Waals surface area contributed by atoms with Crippen molar-refractivity contribution in [2.75, 3.05) is 13.2 Å². The van der Waals surface area contributed by atoms with Crippen LogP contribution in [0.4, 0.5) is 4.79 Å². The van der Waals surface area contributed by atoms with Gasteiger partial charge in [0.1, 0.15) is 5.60 Å². The molecule has 1 aliphatic carbocycles. The van der Waals surface area contributed by atoms with Crippen molar-refractivity contribution < 1.29 is 14.6 Å². The van der Waals surface area contributed by atoms with Gasteiger partial charge in [-0.3, -0.25) is 0 Å². The summed E-state index contributed by atoms with van der Waals surface area (Å²) < 4.78 is 5.86. The van der Waals surface area contributed by atoms with Gasteiger partial charge in [-0.15, -0.1) is 0 Å². The van der Waals surface area contributed by atoms with Crippen LogP contribution in [-0.4, -0.2) is 36.4 Å². The van der Waals surface area contributed by atoms with Crippen LogP contribution >= 0.6 is 0 Å². The maximum Gasteiger partial charge on any atom is 0.315 e.